The van der Waals surface area contributed by atoms with Crippen molar-refractivity contribution in [3.8, 4) is 28.0 Å². The van der Waals surface area contributed by atoms with Crippen LogP contribution < -0.4 is 4.52 Å². The van der Waals surface area contributed by atoms with Crippen LogP contribution in [0.3, 0.4) is 0 Å². The minimum absolute atomic E-state index is 0.286. The van der Waals surface area contributed by atoms with E-state index in [9.17, 15) is 9.79 Å². The van der Waals surface area contributed by atoms with Crippen molar-refractivity contribution in [3.63, 3.8) is 0 Å². The zero-order valence-corrected chi connectivity index (χ0v) is 20.4. The molecule has 0 heterocycles. The molecule has 0 aromatic heterocycles. The Kier molecular flexibility index (Phi) is 6.62. The minimum atomic E-state index is -2.58. The molecule has 2 N–H and O–H groups in total. The van der Waals surface area contributed by atoms with Crippen molar-refractivity contribution in [2.75, 3.05) is 0 Å². The molecule has 3 aromatic carbocycles. The van der Waals surface area contributed by atoms with E-state index in [1.54, 1.807) is 0 Å². The Labute approximate surface area is 187 Å². The minimum Gasteiger partial charge on any atom is -0.426 e. The standard InChI is InChI=1S/C27H33O3P/c1-18-21(19-14-10-8-11-15-19)23(26(2,3)4)25(30-31(28)29)24(27(5,6)7)22(18)20-16-12-9-13-17-20/h8-17,28-29H,1-7H3. The average Bonchev–Trinajstić information content (AvgIpc) is 2.67. The molecule has 0 aliphatic carbocycles. The number of hydrogen-bond acceptors (Lipinski definition) is 3. The van der Waals surface area contributed by atoms with Crippen LogP contribution in [0.4, 0.5) is 0 Å². The van der Waals surface area contributed by atoms with Gasteiger partial charge in [0, 0.05) is 11.1 Å². The maximum atomic E-state index is 9.98. The molecule has 3 aromatic rings. The van der Waals surface area contributed by atoms with Gasteiger partial charge in [-0.25, -0.2) is 0 Å². The van der Waals surface area contributed by atoms with Crippen LogP contribution in [0.5, 0.6) is 5.75 Å². The van der Waals surface area contributed by atoms with E-state index in [-0.39, 0.29) is 10.8 Å². The van der Waals surface area contributed by atoms with E-state index in [4.69, 9.17) is 4.52 Å². The first-order valence-corrected chi connectivity index (χ1v) is 11.8. The van der Waals surface area contributed by atoms with E-state index >= 15 is 0 Å². The third-order valence-electron chi connectivity index (χ3n) is 5.50. The molecule has 0 saturated heterocycles. The normalized spacial score (nSPS) is 12.3. The lowest BCUT2D eigenvalue weighted by Gasteiger charge is -2.35. The summed E-state index contributed by atoms with van der Waals surface area (Å²) in [7, 11) is -2.58. The van der Waals surface area contributed by atoms with Crippen molar-refractivity contribution in [1.82, 2.24) is 0 Å². The Morgan fingerprint density at radius 3 is 1.29 bits per heavy atom. The van der Waals surface area contributed by atoms with Gasteiger partial charge in [0.2, 0.25) is 0 Å². The molecule has 4 heteroatoms. The third kappa shape index (κ3) is 4.85. The van der Waals surface area contributed by atoms with Crippen LogP contribution in [0, 0.1) is 6.92 Å². The second-order valence-electron chi connectivity index (χ2n) is 10.0. The zero-order valence-electron chi connectivity index (χ0n) is 19.5. The van der Waals surface area contributed by atoms with Crippen LogP contribution >= 0.6 is 8.60 Å². The molecule has 0 radical (unpaired) electrons. The molecule has 0 aliphatic rings. The smallest absolute Gasteiger partial charge is 0.391 e. The summed E-state index contributed by atoms with van der Waals surface area (Å²) >= 11 is 0. The van der Waals surface area contributed by atoms with Gasteiger partial charge in [0.1, 0.15) is 5.75 Å². The van der Waals surface area contributed by atoms with E-state index in [0.717, 1.165) is 33.4 Å². The highest BCUT2D eigenvalue weighted by molar-refractivity contribution is 7.39. The molecular weight excluding hydrogens is 403 g/mol. The summed E-state index contributed by atoms with van der Waals surface area (Å²) in [4.78, 5) is 20.0. The second kappa shape index (κ2) is 8.74. The van der Waals surface area contributed by atoms with Gasteiger partial charge in [-0.3, -0.25) is 0 Å². The average molecular weight is 437 g/mol. The van der Waals surface area contributed by atoms with Crippen molar-refractivity contribution in [3.05, 3.63) is 77.4 Å². The van der Waals surface area contributed by atoms with E-state index in [1.165, 1.54) is 5.56 Å². The second-order valence-corrected chi connectivity index (χ2v) is 10.7. The monoisotopic (exact) mass is 436 g/mol. The number of rotatable bonds is 4. The summed E-state index contributed by atoms with van der Waals surface area (Å²) in [5, 5.41) is 0. The number of hydrogen-bond donors (Lipinski definition) is 2. The van der Waals surface area contributed by atoms with Crippen LogP contribution in [0.1, 0.15) is 58.2 Å². The van der Waals surface area contributed by atoms with Gasteiger partial charge in [-0.1, -0.05) is 102 Å². The molecule has 0 amide bonds. The first kappa shape index (κ1) is 23.5. The highest BCUT2D eigenvalue weighted by atomic mass is 31.2. The maximum absolute atomic E-state index is 9.98. The summed E-state index contributed by atoms with van der Waals surface area (Å²) in [6, 6.07) is 20.6. The molecule has 31 heavy (non-hydrogen) atoms. The molecule has 0 bridgehead atoms. The lowest BCUT2D eigenvalue weighted by molar-refractivity contribution is 0.364. The zero-order chi connectivity index (χ0) is 23.0. The fraction of sp³-hybridized carbons (Fsp3) is 0.333. The first-order valence-electron chi connectivity index (χ1n) is 10.6. The predicted octanol–water partition coefficient (Wildman–Crippen LogP) is 7.51. The van der Waals surface area contributed by atoms with Gasteiger partial charge in [-0.2, -0.15) is 0 Å². The van der Waals surface area contributed by atoms with Gasteiger partial charge < -0.3 is 14.3 Å². The molecule has 3 nitrogen and oxygen atoms in total. The molecule has 0 atom stereocenters. The molecule has 3 rings (SSSR count). The quantitative estimate of drug-likeness (QED) is 0.416. The van der Waals surface area contributed by atoms with Gasteiger partial charge in [0.15, 0.2) is 0 Å². The molecule has 0 saturated carbocycles. The molecular formula is C27H33O3P. The van der Waals surface area contributed by atoms with Crippen molar-refractivity contribution >= 4 is 8.60 Å². The molecule has 0 unspecified atom stereocenters. The van der Waals surface area contributed by atoms with E-state index < -0.39 is 8.60 Å². The topological polar surface area (TPSA) is 49.7 Å². The highest BCUT2D eigenvalue weighted by Gasteiger charge is 2.35. The maximum Gasteiger partial charge on any atom is 0.391 e. The van der Waals surface area contributed by atoms with Gasteiger partial charge in [-0.05, 0) is 45.6 Å². The summed E-state index contributed by atoms with van der Waals surface area (Å²) < 4.78 is 5.88. The predicted molar refractivity (Wildman–Crippen MR) is 131 cm³/mol. The van der Waals surface area contributed by atoms with Crippen LogP contribution in [0.25, 0.3) is 22.3 Å². The van der Waals surface area contributed by atoms with Crippen molar-refractivity contribution < 1.29 is 14.3 Å². The van der Waals surface area contributed by atoms with E-state index in [2.05, 4.69) is 72.7 Å². The van der Waals surface area contributed by atoms with E-state index in [1.807, 2.05) is 36.4 Å². The third-order valence-corrected chi connectivity index (χ3v) is 5.85. The highest BCUT2D eigenvalue weighted by Crippen LogP contribution is 2.53. The summed E-state index contributed by atoms with van der Waals surface area (Å²) in [5.74, 6) is 0.583. The number of benzene rings is 3. The van der Waals surface area contributed by atoms with Gasteiger partial charge >= 0.3 is 8.60 Å². The molecule has 0 aliphatic heterocycles. The summed E-state index contributed by atoms with van der Waals surface area (Å²) in [5.41, 5.74) is 6.95. The van der Waals surface area contributed by atoms with E-state index in [0.29, 0.717) is 5.75 Å². The Morgan fingerprint density at radius 1 is 0.645 bits per heavy atom. The Morgan fingerprint density at radius 2 is 1.00 bits per heavy atom. The van der Waals surface area contributed by atoms with Crippen molar-refractivity contribution in [1.29, 1.82) is 0 Å². The largest absolute Gasteiger partial charge is 0.426 e. The lowest BCUT2D eigenvalue weighted by Crippen LogP contribution is -2.22. The first-order chi connectivity index (χ1) is 14.4. The van der Waals surface area contributed by atoms with Crippen LogP contribution in [-0.4, -0.2) is 9.79 Å². The van der Waals surface area contributed by atoms with Gasteiger partial charge in [0.25, 0.3) is 0 Å². The molecule has 0 fully saturated rings. The van der Waals surface area contributed by atoms with Gasteiger partial charge in [0.05, 0.1) is 0 Å². The van der Waals surface area contributed by atoms with Crippen LogP contribution in [-0.2, 0) is 10.8 Å². The van der Waals surface area contributed by atoms with Gasteiger partial charge in [-0.15, -0.1) is 0 Å². The Bertz CT molecular complexity index is 965. The lowest BCUT2D eigenvalue weighted by atomic mass is 9.71. The fourth-order valence-corrected chi connectivity index (χ4v) is 4.73. The fourth-order valence-electron chi connectivity index (χ4n) is 4.39. The Hall–Kier alpha value is -2.19. The molecule has 164 valence electrons. The van der Waals surface area contributed by atoms with Crippen molar-refractivity contribution in [2.45, 2.75) is 59.3 Å². The van der Waals surface area contributed by atoms with Crippen LogP contribution in [0.15, 0.2) is 60.7 Å². The summed E-state index contributed by atoms with van der Waals surface area (Å²) in [6.07, 6.45) is 0. The van der Waals surface area contributed by atoms with Crippen LogP contribution in [0.2, 0.25) is 0 Å². The SMILES string of the molecule is Cc1c(-c2ccccc2)c(C(C)(C)C)c(OP(O)O)c(C(C)(C)C)c1-c1ccccc1. The molecule has 0 spiro atoms. The Balaban J connectivity index is 2.62. The van der Waals surface area contributed by atoms with Crippen molar-refractivity contribution in [2.24, 2.45) is 0 Å². The summed E-state index contributed by atoms with van der Waals surface area (Å²) in [6.45, 7) is 15.0.